The first-order valence-electron chi connectivity index (χ1n) is 8.97. The summed E-state index contributed by atoms with van der Waals surface area (Å²) in [7, 11) is 3.83. The van der Waals surface area contributed by atoms with E-state index in [0.29, 0.717) is 17.3 Å². The zero-order valence-corrected chi connectivity index (χ0v) is 17.4. The van der Waals surface area contributed by atoms with Crippen LogP contribution in [0.2, 0.25) is 0 Å². The zero-order valence-electron chi connectivity index (χ0n) is 16.6. The number of ketones is 1. The van der Waals surface area contributed by atoms with Crippen LogP contribution in [0.25, 0.3) is 6.08 Å². The second-order valence-corrected chi connectivity index (χ2v) is 7.48. The number of hydrogen-bond donors (Lipinski definition) is 0. The van der Waals surface area contributed by atoms with Crippen molar-refractivity contribution in [3.05, 3.63) is 76.8 Å². The molecular formula is C22H19F2N3O2S. The minimum atomic E-state index is -0.867. The normalized spacial score (nSPS) is 11.0. The molecule has 0 aliphatic heterocycles. The second kappa shape index (κ2) is 8.96. The average Bonchev–Trinajstić information content (AvgIpc) is 3.16. The van der Waals surface area contributed by atoms with E-state index in [1.807, 2.05) is 31.1 Å². The molecule has 0 aliphatic rings. The second-order valence-electron chi connectivity index (χ2n) is 6.64. The number of nitrogens with zero attached hydrogens (tertiary/aromatic N) is 3. The molecule has 0 bridgehead atoms. The van der Waals surface area contributed by atoms with Crippen LogP contribution in [0, 0.1) is 11.6 Å². The first-order chi connectivity index (χ1) is 14.3. The molecule has 1 amide bonds. The smallest absolute Gasteiger partial charge is 0.230 e. The third-order valence-corrected chi connectivity index (χ3v) is 5.08. The average molecular weight is 427 g/mol. The van der Waals surface area contributed by atoms with Gasteiger partial charge in [-0.05, 0) is 48.6 Å². The lowest BCUT2D eigenvalue weighted by Crippen LogP contribution is -2.23. The Bertz CT molecular complexity index is 1110. The van der Waals surface area contributed by atoms with Crippen molar-refractivity contribution < 1.29 is 18.4 Å². The molecule has 0 atom stereocenters. The van der Waals surface area contributed by atoms with Gasteiger partial charge in [-0.1, -0.05) is 0 Å². The van der Waals surface area contributed by atoms with Gasteiger partial charge in [-0.3, -0.25) is 14.5 Å². The number of thiazole rings is 1. The summed E-state index contributed by atoms with van der Waals surface area (Å²) in [5.74, 6) is -2.27. The van der Waals surface area contributed by atoms with E-state index in [-0.39, 0.29) is 16.6 Å². The predicted octanol–water partition coefficient (Wildman–Crippen LogP) is 5.07. The number of allylic oxidation sites excluding steroid dienone is 1. The highest BCUT2D eigenvalue weighted by atomic mass is 32.1. The summed E-state index contributed by atoms with van der Waals surface area (Å²) in [6.07, 6.45) is 2.92. The highest BCUT2D eigenvalue weighted by molar-refractivity contribution is 7.14. The van der Waals surface area contributed by atoms with Crippen molar-refractivity contribution in [3.63, 3.8) is 0 Å². The van der Waals surface area contributed by atoms with Crippen LogP contribution in [0.4, 0.5) is 25.3 Å². The highest BCUT2D eigenvalue weighted by Gasteiger charge is 2.21. The number of anilines is 3. The molecule has 30 heavy (non-hydrogen) atoms. The van der Waals surface area contributed by atoms with Crippen molar-refractivity contribution >= 4 is 45.6 Å². The van der Waals surface area contributed by atoms with Gasteiger partial charge >= 0.3 is 0 Å². The summed E-state index contributed by atoms with van der Waals surface area (Å²) in [6.45, 7) is 1.26. The van der Waals surface area contributed by atoms with E-state index in [1.165, 1.54) is 25.1 Å². The van der Waals surface area contributed by atoms with Gasteiger partial charge in [0, 0.05) is 43.7 Å². The van der Waals surface area contributed by atoms with Gasteiger partial charge in [0.05, 0.1) is 11.4 Å². The van der Waals surface area contributed by atoms with Gasteiger partial charge < -0.3 is 4.90 Å². The van der Waals surface area contributed by atoms with E-state index in [1.54, 1.807) is 17.5 Å². The monoisotopic (exact) mass is 427 g/mol. The van der Waals surface area contributed by atoms with Crippen LogP contribution >= 0.6 is 11.3 Å². The largest absolute Gasteiger partial charge is 0.378 e. The zero-order chi connectivity index (χ0) is 21.8. The SMILES string of the molecule is CC(=O)N(c1nc(/C=C/C(=O)c2ccc(N(C)C)cc2)cs1)c1ccc(F)cc1F. The quantitative estimate of drug-likeness (QED) is 0.407. The van der Waals surface area contributed by atoms with Crippen LogP contribution in [-0.2, 0) is 4.79 Å². The van der Waals surface area contributed by atoms with Gasteiger partial charge in [-0.2, -0.15) is 0 Å². The molecule has 3 rings (SSSR count). The molecule has 0 radical (unpaired) electrons. The number of carbonyl (C=O) groups excluding carboxylic acids is 2. The molecule has 0 unspecified atom stereocenters. The molecule has 0 N–H and O–H groups in total. The molecule has 0 fully saturated rings. The Morgan fingerprint density at radius 2 is 1.77 bits per heavy atom. The lowest BCUT2D eigenvalue weighted by molar-refractivity contribution is -0.115. The maximum atomic E-state index is 14.2. The van der Waals surface area contributed by atoms with E-state index in [4.69, 9.17) is 0 Å². The summed E-state index contributed by atoms with van der Waals surface area (Å²) in [5.41, 5.74) is 1.87. The molecule has 1 heterocycles. The fourth-order valence-corrected chi connectivity index (χ4v) is 3.55. The Kier molecular flexibility index (Phi) is 6.37. The van der Waals surface area contributed by atoms with E-state index >= 15 is 0 Å². The van der Waals surface area contributed by atoms with Crippen molar-refractivity contribution in [3.8, 4) is 0 Å². The molecule has 8 heteroatoms. The van der Waals surface area contributed by atoms with Crippen LogP contribution < -0.4 is 9.80 Å². The number of benzene rings is 2. The standard InChI is InChI=1S/C22H19F2N3O2S/c1-14(28)27(20-10-6-16(23)12-19(20)24)22-25-17(13-30-22)7-11-21(29)15-4-8-18(9-5-15)26(2)3/h4-13H,1-3H3/b11-7+. The number of hydrogen-bond acceptors (Lipinski definition) is 5. The van der Waals surface area contributed by atoms with Crippen LogP contribution in [0.1, 0.15) is 23.0 Å². The topological polar surface area (TPSA) is 53.5 Å². The molecule has 2 aromatic carbocycles. The van der Waals surface area contributed by atoms with Gasteiger partial charge in [-0.15, -0.1) is 11.3 Å². The molecule has 0 aliphatic carbocycles. The Morgan fingerprint density at radius 3 is 2.37 bits per heavy atom. The minimum Gasteiger partial charge on any atom is -0.378 e. The molecule has 3 aromatic rings. The summed E-state index contributed by atoms with van der Waals surface area (Å²) >= 11 is 1.11. The Balaban J connectivity index is 1.80. The number of rotatable bonds is 6. The van der Waals surface area contributed by atoms with Crippen LogP contribution in [0.5, 0.6) is 0 Å². The van der Waals surface area contributed by atoms with Crippen molar-refractivity contribution in [1.29, 1.82) is 0 Å². The van der Waals surface area contributed by atoms with Crippen molar-refractivity contribution in [2.75, 3.05) is 23.9 Å². The first-order valence-corrected chi connectivity index (χ1v) is 9.85. The highest BCUT2D eigenvalue weighted by Crippen LogP contribution is 2.31. The Morgan fingerprint density at radius 1 is 1.07 bits per heavy atom. The van der Waals surface area contributed by atoms with Gasteiger partial charge in [0.2, 0.25) is 5.91 Å². The van der Waals surface area contributed by atoms with Gasteiger partial charge in [0.1, 0.15) is 11.6 Å². The van der Waals surface area contributed by atoms with Gasteiger partial charge in [-0.25, -0.2) is 13.8 Å². The van der Waals surface area contributed by atoms with E-state index in [9.17, 15) is 18.4 Å². The van der Waals surface area contributed by atoms with Gasteiger partial charge in [0.15, 0.2) is 10.9 Å². The molecular weight excluding hydrogens is 408 g/mol. The molecule has 0 saturated carbocycles. The summed E-state index contributed by atoms with van der Waals surface area (Å²) < 4.78 is 27.4. The maximum absolute atomic E-state index is 14.2. The number of halogens is 2. The maximum Gasteiger partial charge on any atom is 0.230 e. The van der Waals surface area contributed by atoms with E-state index in [0.717, 1.165) is 28.0 Å². The van der Waals surface area contributed by atoms with Crippen molar-refractivity contribution in [2.45, 2.75) is 6.92 Å². The molecule has 154 valence electrons. The fraction of sp³-hybridized carbons (Fsp3) is 0.136. The Labute approximate surface area is 176 Å². The molecule has 0 saturated heterocycles. The number of amides is 1. The molecule has 0 spiro atoms. The minimum absolute atomic E-state index is 0.0918. The lowest BCUT2D eigenvalue weighted by Gasteiger charge is -2.18. The lowest BCUT2D eigenvalue weighted by atomic mass is 10.1. The third-order valence-electron chi connectivity index (χ3n) is 4.24. The van der Waals surface area contributed by atoms with Crippen LogP contribution in [0.3, 0.4) is 0 Å². The van der Waals surface area contributed by atoms with Crippen molar-refractivity contribution in [1.82, 2.24) is 4.98 Å². The van der Waals surface area contributed by atoms with Crippen LogP contribution in [-0.4, -0.2) is 30.8 Å². The fourth-order valence-electron chi connectivity index (χ4n) is 2.71. The van der Waals surface area contributed by atoms with Gasteiger partial charge in [0.25, 0.3) is 0 Å². The number of carbonyl (C=O) groups is 2. The summed E-state index contributed by atoms with van der Waals surface area (Å²) in [4.78, 5) is 31.7. The summed E-state index contributed by atoms with van der Waals surface area (Å²) in [6, 6.07) is 10.1. The number of aromatic nitrogens is 1. The molecule has 5 nitrogen and oxygen atoms in total. The van der Waals surface area contributed by atoms with E-state index in [2.05, 4.69) is 4.98 Å². The predicted molar refractivity (Wildman–Crippen MR) is 115 cm³/mol. The molecule has 1 aromatic heterocycles. The summed E-state index contributed by atoms with van der Waals surface area (Å²) in [5, 5.41) is 1.86. The van der Waals surface area contributed by atoms with E-state index < -0.39 is 17.5 Å². The van der Waals surface area contributed by atoms with Crippen LogP contribution in [0.15, 0.2) is 53.9 Å². The third kappa shape index (κ3) is 4.77. The van der Waals surface area contributed by atoms with Crippen molar-refractivity contribution in [2.24, 2.45) is 0 Å². The Hall–Kier alpha value is -3.39. The first kappa shape index (κ1) is 21.3.